The number of anilines is 1. The van der Waals surface area contributed by atoms with Crippen LogP contribution in [0.4, 0.5) is 18.9 Å². The van der Waals surface area contributed by atoms with Crippen molar-refractivity contribution in [2.75, 3.05) is 5.43 Å². The van der Waals surface area contributed by atoms with Crippen molar-refractivity contribution < 1.29 is 30.8 Å². The molecule has 3 rings (SSSR count). The highest BCUT2D eigenvalue weighted by Crippen LogP contribution is 2.30. The number of amides is 1. The van der Waals surface area contributed by atoms with Crippen LogP contribution in [0.25, 0.3) is 0 Å². The average molecular weight is 453 g/mol. The summed E-state index contributed by atoms with van der Waals surface area (Å²) in [6, 6.07) is 11.5. The summed E-state index contributed by atoms with van der Waals surface area (Å²) >= 11 is 0. The number of sulfonamides is 1. The minimum atomic E-state index is -4.52. The van der Waals surface area contributed by atoms with E-state index in [-0.39, 0.29) is 22.7 Å². The van der Waals surface area contributed by atoms with Gasteiger partial charge in [0.2, 0.25) is 10.0 Å². The Hall–Kier alpha value is -3.31. The number of rotatable bonds is 7. The normalized spacial score (nSPS) is 11.9. The minimum Gasteiger partial charge on any atom is -0.468 e. The van der Waals surface area contributed by atoms with Crippen LogP contribution >= 0.6 is 0 Å². The molecule has 1 amide bonds. The number of aryl methyl sites for hydroxylation is 1. The minimum absolute atomic E-state index is 0.0183. The first-order chi connectivity index (χ1) is 14.6. The fourth-order valence-corrected chi connectivity index (χ4v) is 3.66. The van der Waals surface area contributed by atoms with E-state index in [0.717, 1.165) is 12.1 Å². The SMILES string of the molecule is Cc1ccc(S(=O)(=O)NCc2ccco2)cc1C(=O)NNc1cccc(C(F)(F)F)c1. The smallest absolute Gasteiger partial charge is 0.416 e. The maximum Gasteiger partial charge on any atom is 0.416 e. The van der Waals surface area contributed by atoms with Gasteiger partial charge in [0.15, 0.2) is 0 Å². The van der Waals surface area contributed by atoms with Crippen LogP contribution in [0.5, 0.6) is 0 Å². The Labute approximate surface area is 176 Å². The zero-order chi connectivity index (χ0) is 22.6. The molecule has 11 heteroatoms. The molecule has 31 heavy (non-hydrogen) atoms. The zero-order valence-corrected chi connectivity index (χ0v) is 17.0. The molecule has 3 aromatic rings. The van der Waals surface area contributed by atoms with Gasteiger partial charge in [-0.05, 0) is 55.0 Å². The second kappa shape index (κ2) is 8.82. The maximum absolute atomic E-state index is 12.8. The lowest BCUT2D eigenvalue weighted by Gasteiger charge is -2.13. The lowest BCUT2D eigenvalue weighted by atomic mass is 10.1. The van der Waals surface area contributed by atoms with Crippen molar-refractivity contribution in [3.8, 4) is 0 Å². The highest BCUT2D eigenvalue weighted by Gasteiger charge is 2.30. The Morgan fingerprint density at radius 2 is 1.84 bits per heavy atom. The summed E-state index contributed by atoms with van der Waals surface area (Å²) in [6.45, 7) is 1.54. The van der Waals surface area contributed by atoms with E-state index in [1.165, 1.54) is 36.6 Å². The lowest BCUT2D eigenvalue weighted by Crippen LogP contribution is -2.30. The summed E-state index contributed by atoms with van der Waals surface area (Å²) in [4.78, 5) is 12.4. The van der Waals surface area contributed by atoms with Gasteiger partial charge in [-0.2, -0.15) is 13.2 Å². The Bertz CT molecular complexity index is 1180. The molecule has 0 bridgehead atoms. The summed E-state index contributed by atoms with van der Waals surface area (Å²) in [5.41, 5.74) is 4.35. The fourth-order valence-electron chi connectivity index (χ4n) is 2.65. The molecule has 0 aliphatic rings. The second-order valence-electron chi connectivity index (χ2n) is 6.54. The predicted molar refractivity (Wildman–Crippen MR) is 106 cm³/mol. The molecular weight excluding hydrogens is 435 g/mol. The van der Waals surface area contributed by atoms with E-state index in [1.807, 2.05) is 0 Å². The number of hydrazine groups is 1. The van der Waals surface area contributed by atoms with Crippen LogP contribution in [0.1, 0.15) is 27.2 Å². The molecule has 7 nitrogen and oxygen atoms in total. The van der Waals surface area contributed by atoms with Crippen molar-refractivity contribution in [2.45, 2.75) is 24.5 Å². The largest absolute Gasteiger partial charge is 0.468 e. The quantitative estimate of drug-likeness (QED) is 0.472. The van der Waals surface area contributed by atoms with E-state index in [0.29, 0.717) is 11.3 Å². The first-order valence-corrected chi connectivity index (χ1v) is 10.4. The third-order valence-electron chi connectivity index (χ3n) is 4.29. The van der Waals surface area contributed by atoms with Gasteiger partial charge in [-0.1, -0.05) is 12.1 Å². The Morgan fingerprint density at radius 1 is 1.06 bits per heavy atom. The number of hydrogen-bond donors (Lipinski definition) is 3. The Balaban J connectivity index is 1.73. The molecule has 164 valence electrons. The highest BCUT2D eigenvalue weighted by atomic mass is 32.2. The maximum atomic E-state index is 12.8. The van der Waals surface area contributed by atoms with Crippen LogP contribution in [-0.4, -0.2) is 14.3 Å². The van der Waals surface area contributed by atoms with E-state index in [2.05, 4.69) is 15.6 Å². The molecule has 0 atom stereocenters. The van der Waals surface area contributed by atoms with Crippen molar-refractivity contribution in [1.29, 1.82) is 0 Å². The van der Waals surface area contributed by atoms with Crippen LogP contribution in [0.2, 0.25) is 0 Å². The van der Waals surface area contributed by atoms with Gasteiger partial charge in [0.05, 0.1) is 29.0 Å². The van der Waals surface area contributed by atoms with Gasteiger partial charge < -0.3 is 4.42 Å². The summed E-state index contributed by atoms with van der Waals surface area (Å²) in [5.74, 6) is -0.295. The van der Waals surface area contributed by atoms with Crippen LogP contribution in [0.3, 0.4) is 0 Å². The first-order valence-electron chi connectivity index (χ1n) is 8.92. The number of benzene rings is 2. The number of hydrogen-bond acceptors (Lipinski definition) is 5. The van der Waals surface area contributed by atoms with E-state index < -0.39 is 27.7 Å². The number of carbonyl (C=O) groups excluding carboxylic acids is 1. The van der Waals surface area contributed by atoms with Gasteiger partial charge in [-0.15, -0.1) is 0 Å². The van der Waals surface area contributed by atoms with Crippen molar-refractivity contribution in [3.63, 3.8) is 0 Å². The Kier molecular flexibility index (Phi) is 6.37. The van der Waals surface area contributed by atoms with Crippen molar-refractivity contribution in [3.05, 3.63) is 83.3 Å². The van der Waals surface area contributed by atoms with Crippen molar-refractivity contribution >= 4 is 21.6 Å². The van der Waals surface area contributed by atoms with Gasteiger partial charge in [-0.25, -0.2) is 13.1 Å². The van der Waals surface area contributed by atoms with Crippen molar-refractivity contribution in [2.24, 2.45) is 0 Å². The van der Waals surface area contributed by atoms with E-state index in [4.69, 9.17) is 4.42 Å². The molecule has 0 fully saturated rings. The van der Waals surface area contributed by atoms with Gasteiger partial charge in [0, 0.05) is 5.56 Å². The molecule has 1 heterocycles. The van der Waals surface area contributed by atoms with Crippen LogP contribution in [-0.2, 0) is 22.7 Å². The number of carbonyl (C=O) groups is 1. The number of furan rings is 1. The van der Waals surface area contributed by atoms with Crippen LogP contribution < -0.4 is 15.6 Å². The molecule has 0 saturated carbocycles. The second-order valence-corrected chi connectivity index (χ2v) is 8.31. The standard InChI is InChI=1S/C20H18F3N3O4S/c1-13-7-8-17(31(28,29)24-12-16-6-3-9-30-16)11-18(13)19(27)26-25-15-5-2-4-14(10-15)20(21,22)23/h2-11,24-25H,12H2,1H3,(H,26,27). The zero-order valence-electron chi connectivity index (χ0n) is 16.2. The molecule has 0 aliphatic carbocycles. The highest BCUT2D eigenvalue weighted by molar-refractivity contribution is 7.89. The number of nitrogens with one attached hydrogen (secondary N) is 3. The summed E-state index contributed by atoms with van der Waals surface area (Å²) in [6.07, 6.45) is -3.11. The molecule has 2 aromatic carbocycles. The van der Waals surface area contributed by atoms with Crippen LogP contribution in [0, 0.1) is 6.92 Å². The third-order valence-corrected chi connectivity index (χ3v) is 5.69. The number of halogens is 3. The summed E-state index contributed by atoms with van der Waals surface area (Å²) < 4.78 is 70.9. The molecule has 0 saturated heterocycles. The van der Waals surface area contributed by atoms with E-state index in [1.54, 1.807) is 19.1 Å². The molecule has 0 unspecified atom stereocenters. The summed E-state index contributed by atoms with van der Waals surface area (Å²) in [7, 11) is -3.93. The Morgan fingerprint density at radius 3 is 2.52 bits per heavy atom. The average Bonchev–Trinajstić information content (AvgIpc) is 3.24. The lowest BCUT2D eigenvalue weighted by molar-refractivity contribution is -0.137. The molecule has 1 aromatic heterocycles. The fraction of sp³-hybridized carbons (Fsp3) is 0.150. The molecule has 0 spiro atoms. The molecule has 0 radical (unpaired) electrons. The molecular formula is C20H18F3N3O4S. The van der Waals surface area contributed by atoms with Gasteiger partial charge in [-0.3, -0.25) is 15.6 Å². The van der Waals surface area contributed by atoms with Crippen molar-refractivity contribution in [1.82, 2.24) is 10.1 Å². The van der Waals surface area contributed by atoms with E-state index in [9.17, 15) is 26.4 Å². The first kappa shape index (κ1) is 22.4. The monoisotopic (exact) mass is 453 g/mol. The topological polar surface area (TPSA) is 100 Å². The molecule has 3 N–H and O–H groups in total. The summed E-state index contributed by atoms with van der Waals surface area (Å²) in [5, 5.41) is 0. The predicted octanol–water partition coefficient (Wildman–Crippen LogP) is 3.84. The molecule has 0 aliphatic heterocycles. The van der Waals surface area contributed by atoms with Crippen LogP contribution in [0.15, 0.2) is 70.2 Å². The van der Waals surface area contributed by atoms with E-state index >= 15 is 0 Å². The van der Waals surface area contributed by atoms with Gasteiger partial charge >= 0.3 is 6.18 Å². The van der Waals surface area contributed by atoms with Gasteiger partial charge in [0.25, 0.3) is 5.91 Å². The van der Waals surface area contributed by atoms with Gasteiger partial charge in [0.1, 0.15) is 5.76 Å². The third kappa shape index (κ3) is 5.64. The number of alkyl halides is 3.